The van der Waals surface area contributed by atoms with Crippen LogP contribution in [0.1, 0.15) is 5.69 Å². The Bertz CT molecular complexity index is 361. The lowest BCUT2D eigenvalue weighted by Gasteiger charge is -2.14. The van der Waals surface area contributed by atoms with Gasteiger partial charge in [0.2, 0.25) is 11.8 Å². The van der Waals surface area contributed by atoms with Crippen LogP contribution in [0.4, 0.5) is 14.7 Å². The van der Waals surface area contributed by atoms with Gasteiger partial charge in [0.1, 0.15) is 6.61 Å². The van der Waals surface area contributed by atoms with E-state index < -0.39 is 19.1 Å². The highest BCUT2D eigenvalue weighted by atomic mass is 19.3. The maximum absolute atomic E-state index is 12.7. The molecule has 0 saturated carbocycles. The van der Waals surface area contributed by atoms with Gasteiger partial charge in [0.15, 0.2) is 0 Å². The second kappa shape index (κ2) is 5.02. The van der Waals surface area contributed by atoms with Crippen molar-refractivity contribution >= 4 is 5.95 Å². The molecular formula is C9H13F2N3O2. The van der Waals surface area contributed by atoms with Crippen molar-refractivity contribution in [3.8, 4) is 5.88 Å². The molecule has 2 N–H and O–H groups in total. The number of nitrogens with zero attached hydrogens (tertiary/aromatic N) is 2. The molecule has 0 unspecified atom stereocenters. The van der Waals surface area contributed by atoms with Crippen molar-refractivity contribution in [1.29, 1.82) is 0 Å². The lowest BCUT2D eigenvalue weighted by atomic mass is 10.3. The van der Waals surface area contributed by atoms with Crippen molar-refractivity contribution in [3.05, 3.63) is 11.8 Å². The molecule has 0 bridgehead atoms. The van der Waals surface area contributed by atoms with E-state index in [4.69, 9.17) is 9.84 Å². The molecule has 7 heteroatoms. The summed E-state index contributed by atoms with van der Waals surface area (Å²) in [5.41, 5.74) is 0.599. The van der Waals surface area contributed by atoms with Gasteiger partial charge in [-0.25, -0.2) is 13.8 Å². The predicted molar refractivity (Wildman–Crippen MR) is 53.8 cm³/mol. The van der Waals surface area contributed by atoms with E-state index in [0.717, 1.165) is 0 Å². The lowest BCUT2D eigenvalue weighted by Crippen LogP contribution is -2.31. The molecule has 0 amide bonds. The summed E-state index contributed by atoms with van der Waals surface area (Å²) >= 11 is 0. The number of halogens is 2. The van der Waals surface area contributed by atoms with Gasteiger partial charge in [-0.2, -0.15) is 4.98 Å². The fourth-order valence-corrected chi connectivity index (χ4v) is 0.988. The summed E-state index contributed by atoms with van der Waals surface area (Å²) in [6, 6.07) is 1.58. The molecule has 0 radical (unpaired) electrons. The van der Waals surface area contributed by atoms with Gasteiger partial charge >= 0.3 is 0 Å². The number of aromatic nitrogens is 2. The third-order valence-corrected chi connectivity index (χ3v) is 1.78. The van der Waals surface area contributed by atoms with Crippen LogP contribution in [0, 0.1) is 6.92 Å². The molecule has 0 aliphatic heterocycles. The molecule has 1 rings (SSSR count). The molecular weight excluding hydrogens is 220 g/mol. The number of nitrogens with one attached hydrogen (secondary N) is 1. The molecule has 1 aromatic rings. The molecule has 1 heterocycles. The second-order valence-corrected chi connectivity index (χ2v) is 3.24. The number of alkyl halides is 2. The molecule has 0 fully saturated rings. The minimum Gasteiger partial charge on any atom is -0.481 e. The topological polar surface area (TPSA) is 67.3 Å². The minimum absolute atomic E-state index is 0.0463. The molecule has 16 heavy (non-hydrogen) atoms. The third-order valence-electron chi connectivity index (χ3n) is 1.78. The van der Waals surface area contributed by atoms with Crippen LogP contribution in [0.25, 0.3) is 0 Å². The smallest absolute Gasteiger partial charge is 0.287 e. The quantitative estimate of drug-likeness (QED) is 0.788. The van der Waals surface area contributed by atoms with E-state index in [9.17, 15) is 8.78 Å². The Labute approximate surface area is 91.5 Å². The molecule has 90 valence electrons. The predicted octanol–water partition coefficient (Wildman–Crippen LogP) is 0.833. The number of ether oxygens (including phenoxy) is 1. The summed E-state index contributed by atoms with van der Waals surface area (Å²) in [4.78, 5) is 7.73. The van der Waals surface area contributed by atoms with Crippen LogP contribution in [0.5, 0.6) is 5.88 Å². The molecule has 0 aliphatic carbocycles. The van der Waals surface area contributed by atoms with E-state index in [-0.39, 0.29) is 5.95 Å². The van der Waals surface area contributed by atoms with Crippen LogP contribution in [0.3, 0.4) is 0 Å². The van der Waals surface area contributed by atoms with E-state index in [1.165, 1.54) is 7.11 Å². The normalized spacial score (nSPS) is 11.3. The summed E-state index contributed by atoms with van der Waals surface area (Å²) in [7, 11) is 1.42. The maximum atomic E-state index is 12.7. The molecule has 0 aromatic carbocycles. The number of rotatable bonds is 5. The van der Waals surface area contributed by atoms with Gasteiger partial charge < -0.3 is 15.2 Å². The molecule has 0 saturated heterocycles. The second-order valence-electron chi connectivity index (χ2n) is 3.24. The van der Waals surface area contributed by atoms with Gasteiger partial charge in [-0.3, -0.25) is 0 Å². The van der Waals surface area contributed by atoms with Crippen molar-refractivity contribution in [3.63, 3.8) is 0 Å². The zero-order valence-corrected chi connectivity index (χ0v) is 9.00. The van der Waals surface area contributed by atoms with Gasteiger partial charge in [-0.15, -0.1) is 0 Å². The first kappa shape index (κ1) is 12.6. The fraction of sp³-hybridized carbons (Fsp3) is 0.556. The minimum atomic E-state index is -3.19. The number of hydrogen-bond donors (Lipinski definition) is 2. The van der Waals surface area contributed by atoms with Crippen LogP contribution < -0.4 is 10.1 Å². The first-order chi connectivity index (χ1) is 7.46. The number of hydrogen-bond acceptors (Lipinski definition) is 5. The molecule has 0 atom stereocenters. The van der Waals surface area contributed by atoms with E-state index in [1.54, 1.807) is 13.0 Å². The standard InChI is InChI=1S/C9H13F2N3O2/c1-6-3-7(16-2)14-8(13-6)12-4-9(10,11)5-15/h3,15H,4-5H2,1-2H3,(H,12,13,14). The summed E-state index contributed by atoms with van der Waals surface area (Å²) in [6.07, 6.45) is 0. The van der Waals surface area contributed by atoms with Crippen molar-refractivity contribution in [2.45, 2.75) is 12.8 Å². The van der Waals surface area contributed by atoms with Crippen LogP contribution >= 0.6 is 0 Å². The van der Waals surface area contributed by atoms with Crippen molar-refractivity contribution < 1.29 is 18.6 Å². The Hall–Kier alpha value is -1.50. The highest BCUT2D eigenvalue weighted by molar-refractivity contribution is 5.30. The van der Waals surface area contributed by atoms with Gasteiger partial charge in [0.25, 0.3) is 5.92 Å². The first-order valence-electron chi connectivity index (χ1n) is 4.59. The number of methoxy groups -OCH3 is 1. The monoisotopic (exact) mass is 233 g/mol. The van der Waals surface area contributed by atoms with E-state index >= 15 is 0 Å². The summed E-state index contributed by atoms with van der Waals surface area (Å²) < 4.78 is 30.3. The highest BCUT2D eigenvalue weighted by Gasteiger charge is 2.27. The van der Waals surface area contributed by atoms with Crippen LogP contribution in [0.2, 0.25) is 0 Å². The highest BCUT2D eigenvalue weighted by Crippen LogP contribution is 2.15. The van der Waals surface area contributed by atoms with Gasteiger partial charge in [-0.05, 0) is 6.92 Å². The Balaban J connectivity index is 2.70. The fourth-order valence-electron chi connectivity index (χ4n) is 0.988. The van der Waals surface area contributed by atoms with Gasteiger partial charge in [0.05, 0.1) is 13.7 Å². The van der Waals surface area contributed by atoms with Crippen LogP contribution in [-0.4, -0.2) is 41.3 Å². The zero-order chi connectivity index (χ0) is 12.2. The number of aryl methyl sites for hydroxylation is 1. The summed E-state index contributed by atoms with van der Waals surface area (Å²) in [5.74, 6) is -2.85. The van der Waals surface area contributed by atoms with Gasteiger partial charge in [-0.1, -0.05) is 0 Å². The summed E-state index contributed by atoms with van der Waals surface area (Å²) in [6.45, 7) is -0.251. The summed E-state index contributed by atoms with van der Waals surface area (Å²) in [5, 5.41) is 10.7. The van der Waals surface area contributed by atoms with Gasteiger partial charge in [0, 0.05) is 11.8 Å². The van der Waals surface area contributed by atoms with E-state index in [2.05, 4.69) is 15.3 Å². The molecule has 1 aromatic heterocycles. The Kier molecular flexibility index (Phi) is 3.94. The van der Waals surface area contributed by atoms with E-state index in [1.807, 2.05) is 0 Å². The van der Waals surface area contributed by atoms with Crippen molar-refractivity contribution in [2.75, 3.05) is 25.6 Å². The Morgan fingerprint density at radius 3 is 2.75 bits per heavy atom. The molecule has 0 aliphatic rings. The average molecular weight is 233 g/mol. The third kappa shape index (κ3) is 3.58. The van der Waals surface area contributed by atoms with Crippen LogP contribution in [-0.2, 0) is 0 Å². The Morgan fingerprint density at radius 2 is 2.19 bits per heavy atom. The van der Waals surface area contributed by atoms with Crippen molar-refractivity contribution in [2.24, 2.45) is 0 Å². The molecule has 5 nitrogen and oxygen atoms in total. The zero-order valence-electron chi connectivity index (χ0n) is 9.00. The SMILES string of the molecule is COc1cc(C)nc(NCC(F)(F)CO)n1. The Morgan fingerprint density at radius 1 is 1.50 bits per heavy atom. The van der Waals surface area contributed by atoms with E-state index in [0.29, 0.717) is 11.6 Å². The average Bonchev–Trinajstić information content (AvgIpc) is 2.26. The lowest BCUT2D eigenvalue weighted by molar-refractivity contribution is -0.0374. The molecule has 0 spiro atoms. The maximum Gasteiger partial charge on any atom is 0.287 e. The number of anilines is 1. The first-order valence-corrected chi connectivity index (χ1v) is 4.59. The number of aliphatic hydroxyl groups excluding tert-OH is 1. The van der Waals surface area contributed by atoms with Crippen LogP contribution in [0.15, 0.2) is 6.07 Å². The number of aliphatic hydroxyl groups is 1. The largest absolute Gasteiger partial charge is 0.481 e. The van der Waals surface area contributed by atoms with Crippen molar-refractivity contribution in [1.82, 2.24) is 9.97 Å².